The Hall–Kier alpha value is -2.47. The van der Waals surface area contributed by atoms with Gasteiger partial charge in [-0.2, -0.15) is 5.10 Å². The summed E-state index contributed by atoms with van der Waals surface area (Å²) in [6, 6.07) is 13.6. The molecule has 0 saturated carbocycles. The maximum Gasteiger partial charge on any atom is 0.253 e. The second-order valence-corrected chi connectivity index (χ2v) is 6.63. The molecule has 2 aromatic heterocycles. The van der Waals surface area contributed by atoms with E-state index < -0.39 is 0 Å². The summed E-state index contributed by atoms with van der Waals surface area (Å²) in [6.45, 7) is 3.25. The average Bonchev–Trinajstić information content (AvgIpc) is 3.12. The molecule has 128 valence electrons. The summed E-state index contributed by atoms with van der Waals surface area (Å²) >= 11 is 3.47. The van der Waals surface area contributed by atoms with Crippen LogP contribution in [0.1, 0.15) is 22.5 Å². The number of carbonyl (C=O) groups is 1. The first-order valence-corrected chi connectivity index (χ1v) is 8.92. The maximum absolute atomic E-state index is 12.3. The highest BCUT2D eigenvalue weighted by atomic mass is 79.9. The SMILES string of the molecule is Cc1nc(-c2cccc(Br)c2)ccc1C(=O)NCCCn1cccn1. The topological polar surface area (TPSA) is 59.8 Å². The Balaban J connectivity index is 1.61. The van der Waals surface area contributed by atoms with Gasteiger partial charge in [0, 0.05) is 35.5 Å². The number of carbonyl (C=O) groups excluding carboxylic acids is 1. The molecule has 5 nitrogen and oxygen atoms in total. The molecule has 0 aliphatic carbocycles. The monoisotopic (exact) mass is 398 g/mol. The van der Waals surface area contributed by atoms with Crippen molar-refractivity contribution in [3.8, 4) is 11.3 Å². The van der Waals surface area contributed by atoms with E-state index in [2.05, 4.69) is 31.3 Å². The Labute approximate surface area is 155 Å². The third-order valence-electron chi connectivity index (χ3n) is 3.86. The van der Waals surface area contributed by atoms with Gasteiger partial charge in [0.15, 0.2) is 0 Å². The van der Waals surface area contributed by atoms with Crippen LogP contribution in [0.15, 0.2) is 59.3 Å². The zero-order valence-electron chi connectivity index (χ0n) is 13.9. The van der Waals surface area contributed by atoms with E-state index in [0.29, 0.717) is 12.1 Å². The van der Waals surface area contributed by atoms with Gasteiger partial charge in [0.25, 0.3) is 5.91 Å². The number of hydrogen-bond acceptors (Lipinski definition) is 3. The van der Waals surface area contributed by atoms with E-state index in [1.165, 1.54) is 0 Å². The molecule has 0 radical (unpaired) electrons. The van der Waals surface area contributed by atoms with Crippen molar-refractivity contribution in [1.29, 1.82) is 0 Å². The van der Waals surface area contributed by atoms with Crippen molar-refractivity contribution >= 4 is 21.8 Å². The number of halogens is 1. The summed E-state index contributed by atoms with van der Waals surface area (Å²) in [4.78, 5) is 16.9. The fraction of sp³-hybridized carbons (Fsp3) is 0.211. The Bertz CT molecular complexity index is 862. The highest BCUT2D eigenvalue weighted by Gasteiger charge is 2.11. The van der Waals surface area contributed by atoms with Crippen LogP contribution in [-0.4, -0.2) is 27.2 Å². The standard InChI is InChI=1S/C19H19BrN4O/c1-14-17(19(25)21-9-3-11-24-12-4-10-22-24)7-8-18(23-14)15-5-2-6-16(20)13-15/h2,4-8,10,12-13H,3,9,11H2,1H3,(H,21,25). The number of nitrogens with zero attached hydrogens (tertiary/aromatic N) is 3. The van der Waals surface area contributed by atoms with Crippen molar-refractivity contribution in [3.63, 3.8) is 0 Å². The lowest BCUT2D eigenvalue weighted by atomic mass is 10.1. The zero-order valence-corrected chi connectivity index (χ0v) is 15.5. The molecule has 1 amide bonds. The summed E-state index contributed by atoms with van der Waals surface area (Å²) in [5.74, 6) is -0.0914. The van der Waals surface area contributed by atoms with Crippen LogP contribution < -0.4 is 5.32 Å². The van der Waals surface area contributed by atoms with Crippen LogP contribution in [0.5, 0.6) is 0 Å². The van der Waals surface area contributed by atoms with E-state index in [9.17, 15) is 4.79 Å². The Morgan fingerprint density at radius 2 is 2.12 bits per heavy atom. The molecule has 1 N–H and O–H groups in total. The molecule has 0 aliphatic rings. The Morgan fingerprint density at radius 1 is 1.24 bits per heavy atom. The zero-order chi connectivity index (χ0) is 17.6. The van der Waals surface area contributed by atoms with Gasteiger partial charge in [-0.15, -0.1) is 0 Å². The maximum atomic E-state index is 12.3. The number of aryl methyl sites for hydroxylation is 2. The number of aromatic nitrogens is 3. The van der Waals surface area contributed by atoms with Gasteiger partial charge in [0.1, 0.15) is 0 Å². The van der Waals surface area contributed by atoms with Gasteiger partial charge < -0.3 is 5.32 Å². The average molecular weight is 399 g/mol. The van der Waals surface area contributed by atoms with E-state index in [4.69, 9.17) is 0 Å². The molecule has 25 heavy (non-hydrogen) atoms. The normalized spacial score (nSPS) is 10.6. The van der Waals surface area contributed by atoms with E-state index in [1.807, 2.05) is 60.3 Å². The number of pyridine rings is 1. The van der Waals surface area contributed by atoms with Crippen LogP contribution in [-0.2, 0) is 6.54 Å². The summed E-state index contributed by atoms with van der Waals surface area (Å²) < 4.78 is 2.86. The predicted molar refractivity (Wildman–Crippen MR) is 101 cm³/mol. The molecule has 0 atom stereocenters. The van der Waals surface area contributed by atoms with Crippen LogP contribution in [0.3, 0.4) is 0 Å². The number of hydrogen-bond donors (Lipinski definition) is 1. The van der Waals surface area contributed by atoms with Crippen LogP contribution in [0, 0.1) is 6.92 Å². The molecule has 2 heterocycles. The predicted octanol–water partition coefficient (Wildman–Crippen LogP) is 3.84. The van der Waals surface area contributed by atoms with Gasteiger partial charge in [-0.1, -0.05) is 28.1 Å². The van der Waals surface area contributed by atoms with Crippen molar-refractivity contribution in [2.24, 2.45) is 0 Å². The molecule has 6 heteroatoms. The smallest absolute Gasteiger partial charge is 0.253 e. The minimum absolute atomic E-state index is 0.0914. The number of benzene rings is 1. The summed E-state index contributed by atoms with van der Waals surface area (Å²) in [6.07, 6.45) is 4.49. The number of amides is 1. The first-order chi connectivity index (χ1) is 12.1. The van der Waals surface area contributed by atoms with Crippen LogP contribution in [0.25, 0.3) is 11.3 Å². The lowest BCUT2D eigenvalue weighted by Gasteiger charge is -2.09. The lowest BCUT2D eigenvalue weighted by molar-refractivity contribution is 0.0951. The molecule has 0 spiro atoms. The van der Waals surface area contributed by atoms with E-state index in [1.54, 1.807) is 6.20 Å². The highest BCUT2D eigenvalue weighted by Crippen LogP contribution is 2.22. The summed E-state index contributed by atoms with van der Waals surface area (Å²) in [5, 5.41) is 7.08. The molecular weight excluding hydrogens is 380 g/mol. The number of rotatable bonds is 6. The molecule has 0 aliphatic heterocycles. The van der Waals surface area contributed by atoms with Gasteiger partial charge in [-0.3, -0.25) is 14.5 Å². The molecule has 0 fully saturated rings. The molecule has 0 saturated heterocycles. The second kappa shape index (κ2) is 8.07. The minimum Gasteiger partial charge on any atom is -0.352 e. The molecule has 0 unspecified atom stereocenters. The molecular formula is C19H19BrN4O. The highest BCUT2D eigenvalue weighted by molar-refractivity contribution is 9.10. The van der Waals surface area contributed by atoms with Crippen LogP contribution in [0.4, 0.5) is 0 Å². The van der Waals surface area contributed by atoms with Gasteiger partial charge >= 0.3 is 0 Å². The van der Waals surface area contributed by atoms with Crippen molar-refractivity contribution in [1.82, 2.24) is 20.1 Å². The fourth-order valence-corrected chi connectivity index (χ4v) is 2.98. The quantitative estimate of drug-likeness (QED) is 0.641. The minimum atomic E-state index is -0.0914. The first kappa shape index (κ1) is 17.4. The summed E-state index contributed by atoms with van der Waals surface area (Å²) in [7, 11) is 0. The van der Waals surface area contributed by atoms with E-state index in [0.717, 1.165) is 34.4 Å². The van der Waals surface area contributed by atoms with E-state index >= 15 is 0 Å². The van der Waals surface area contributed by atoms with Crippen LogP contribution in [0.2, 0.25) is 0 Å². The van der Waals surface area contributed by atoms with E-state index in [-0.39, 0.29) is 5.91 Å². The molecule has 3 rings (SSSR count). The second-order valence-electron chi connectivity index (χ2n) is 5.72. The van der Waals surface area contributed by atoms with Crippen LogP contribution >= 0.6 is 15.9 Å². The van der Waals surface area contributed by atoms with Crippen molar-refractivity contribution in [2.75, 3.05) is 6.54 Å². The Kier molecular flexibility index (Phi) is 5.60. The molecule has 3 aromatic rings. The van der Waals surface area contributed by atoms with Crippen molar-refractivity contribution < 1.29 is 4.79 Å². The van der Waals surface area contributed by atoms with Gasteiger partial charge in [0.05, 0.1) is 17.0 Å². The van der Waals surface area contributed by atoms with Gasteiger partial charge in [0.2, 0.25) is 0 Å². The number of nitrogens with one attached hydrogen (secondary N) is 1. The first-order valence-electron chi connectivity index (χ1n) is 8.13. The lowest BCUT2D eigenvalue weighted by Crippen LogP contribution is -2.26. The summed E-state index contributed by atoms with van der Waals surface area (Å²) in [5.41, 5.74) is 3.21. The third-order valence-corrected chi connectivity index (χ3v) is 4.35. The Morgan fingerprint density at radius 3 is 2.84 bits per heavy atom. The van der Waals surface area contributed by atoms with Crippen molar-refractivity contribution in [3.05, 3.63) is 70.6 Å². The third kappa shape index (κ3) is 4.54. The molecule has 0 bridgehead atoms. The van der Waals surface area contributed by atoms with Gasteiger partial charge in [-0.25, -0.2) is 0 Å². The van der Waals surface area contributed by atoms with Gasteiger partial charge in [-0.05, 0) is 43.7 Å². The molecule has 1 aromatic carbocycles. The van der Waals surface area contributed by atoms with Crippen molar-refractivity contribution in [2.45, 2.75) is 19.9 Å². The fourth-order valence-electron chi connectivity index (χ4n) is 2.58. The largest absolute Gasteiger partial charge is 0.352 e.